The lowest BCUT2D eigenvalue weighted by molar-refractivity contribution is 0.216. The molecule has 0 N–H and O–H groups in total. The van der Waals surface area contributed by atoms with Gasteiger partial charge in [0.25, 0.3) is 0 Å². The molecule has 0 amide bonds. The Hall–Kier alpha value is -1.52. The number of rotatable bonds is 1. The first-order chi connectivity index (χ1) is 12.2. The molecule has 0 saturated carbocycles. The average Bonchev–Trinajstić information content (AvgIpc) is 2.83. The lowest BCUT2D eigenvalue weighted by Crippen LogP contribution is -2.47. The minimum Gasteiger partial charge on any atom is -0.354 e. The maximum absolute atomic E-state index is 6.09. The van der Waals surface area contributed by atoms with Crippen molar-refractivity contribution in [3.05, 3.63) is 70.8 Å². The molecule has 2 aliphatic rings. The van der Waals surface area contributed by atoms with Crippen molar-refractivity contribution in [2.45, 2.75) is 6.42 Å². The summed E-state index contributed by atoms with van der Waals surface area (Å²) in [5.41, 5.74) is 4.74. The highest BCUT2D eigenvalue weighted by Crippen LogP contribution is 2.30. The predicted molar refractivity (Wildman–Crippen MR) is 120 cm³/mol. The maximum Gasteiger partial charge on any atom is 0.136 e. The quantitative estimate of drug-likeness (QED) is 0.634. The van der Waals surface area contributed by atoms with Gasteiger partial charge in [-0.05, 0) is 42.8 Å². The van der Waals surface area contributed by atoms with Crippen LogP contribution in [0.15, 0.2) is 59.6 Å². The van der Waals surface area contributed by atoms with Crippen molar-refractivity contribution in [2.24, 2.45) is 4.99 Å². The monoisotopic (exact) mass is 423 g/mol. The Bertz CT molecular complexity index is 823. The van der Waals surface area contributed by atoms with E-state index in [2.05, 4.69) is 59.3 Å². The van der Waals surface area contributed by atoms with Crippen LogP contribution in [-0.4, -0.2) is 48.9 Å². The second-order valence-corrected chi connectivity index (χ2v) is 7.12. The molecule has 27 heavy (non-hydrogen) atoms. The number of aliphatic imine (C=N–C) groups is 1. The molecule has 0 radical (unpaired) electrons. The Balaban J connectivity index is 0.00000131. The molecule has 2 aromatic rings. The second-order valence-electron chi connectivity index (χ2n) is 6.68. The highest BCUT2D eigenvalue weighted by Gasteiger charge is 2.23. The van der Waals surface area contributed by atoms with Crippen LogP contribution in [0.25, 0.3) is 5.57 Å². The summed E-state index contributed by atoms with van der Waals surface area (Å²) in [6.07, 6.45) is 3.21. The van der Waals surface area contributed by atoms with Gasteiger partial charge in [0, 0.05) is 36.8 Å². The number of hydrogen-bond donors (Lipinski definition) is 0. The molecule has 1 fully saturated rings. The van der Waals surface area contributed by atoms with Crippen molar-refractivity contribution in [3.8, 4) is 0 Å². The molecule has 0 aliphatic carbocycles. The van der Waals surface area contributed by atoms with E-state index in [4.69, 9.17) is 16.6 Å². The van der Waals surface area contributed by atoms with Crippen LogP contribution in [0.4, 0.5) is 5.69 Å². The van der Waals surface area contributed by atoms with Crippen LogP contribution in [0.2, 0.25) is 5.02 Å². The molecule has 2 heterocycles. The molecular formula is C21H24Cl3N3. The zero-order valence-corrected chi connectivity index (χ0v) is 17.7. The molecule has 2 aliphatic heterocycles. The second kappa shape index (κ2) is 9.61. The van der Waals surface area contributed by atoms with E-state index < -0.39 is 0 Å². The summed E-state index contributed by atoms with van der Waals surface area (Å²) in [7, 11) is 2.18. The van der Waals surface area contributed by atoms with Crippen LogP contribution in [0.5, 0.6) is 0 Å². The van der Waals surface area contributed by atoms with Gasteiger partial charge in [0.1, 0.15) is 5.84 Å². The van der Waals surface area contributed by atoms with E-state index in [0.717, 1.165) is 49.1 Å². The minimum atomic E-state index is 0. The van der Waals surface area contributed by atoms with Crippen LogP contribution in [0.1, 0.15) is 11.1 Å². The van der Waals surface area contributed by atoms with E-state index in [1.807, 2.05) is 12.1 Å². The number of piperazine rings is 1. The summed E-state index contributed by atoms with van der Waals surface area (Å²) < 4.78 is 0. The Morgan fingerprint density at radius 3 is 2.26 bits per heavy atom. The van der Waals surface area contributed by atoms with Crippen LogP contribution >= 0.6 is 36.4 Å². The van der Waals surface area contributed by atoms with Crippen molar-refractivity contribution in [2.75, 3.05) is 33.2 Å². The zero-order chi connectivity index (χ0) is 17.2. The summed E-state index contributed by atoms with van der Waals surface area (Å²) in [4.78, 5) is 9.88. The van der Waals surface area contributed by atoms with Gasteiger partial charge >= 0.3 is 0 Å². The molecule has 1 saturated heterocycles. The van der Waals surface area contributed by atoms with E-state index in [9.17, 15) is 0 Å². The van der Waals surface area contributed by atoms with E-state index >= 15 is 0 Å². The molecular weight excluding hydrogens is 401 g/mol. The van der Waals surface area contributed by atoms with Gasteiger partial charge in [0.05, 0.1) is 5.69 Å². The molecule has 2 aromatic carbocycles. The van der Waals surface area contributed by atoms with Crippen molar-refractivity contribution in [3.63, 3.8) is 0 Å². The first-order valence-corrected chi connectivity index (χ1v) is 9.15. The minimum absolute atomic E-state index is 0. The number of nitrogens with zero attached hydrogens (tertiary/aromatic N) is 3. The lowest BCUT2D eigenvalue weighted by atomic mass is 10.0. The Morgan fingerprint density at radius 2 is 1.56 bits per heavy atom. The topological polar surface area (TPSA) is 18.8 Å². The fraction of sp³-hybridized carbons (Fsp3) is 0.286. The number of fused-ring (bicyclic) bond motifs is 1. The van der Waals surface area contributed by atoms with E-state index in [1.54, 1.807) is 0 Å². The van der Waals surface area contributed by atoms with Crippen molar-refractivity contribution >= 4 is 53.5 Å². The molecule has 0 aromatic heterocycles. The molecule has 0 unspecified atom stereocenters. The van der Waals surface area contributed by atoms with Crippen molar-refractivity contribution in [1.29, 1.82) is 0 Å². The number of likely N-dealkylation sites (N-methyl/N-ethyl adjacent to an activating group) is 1. The normalized spacial score (nSPS) is 16.9. The Morgan fingerprint density at radius 1 is 0.889 bits per heavy atom. The van der Waals surface area contributed by atoms with E-state index in [-0.39, 0.29) is 24.8 Å². The van der Waals surface area contributed by atoms with Gasteiger partial charge in [0.15, 0.2) is 0 Å². The SMILES string of the molecule is CN1CCN(C2=Nc3ccccc3CC=C2c2ccc(Cl)cc2)CC1.Cl.Cl. The number of benzene rings is 2. The third-order valence-electron chi connectivity index (χ3n) is 4.94. The van der Waals surface area contributed by atoms with Crippen LogP contribution in [0.3, 0.4) is 0 Å². The average molecular weight is 425 g/mol. The van der Waals surface area contributed by atoms with Gasteiger partial charge in [0.2, 0.25) is 0 Å². The summed E-state index contributed by atoms with van der Waals surface area (Å²) in [5.74, 6) is 1.08. The standard InChI is InChI=1S/C21H22ClN3.2ClH/c1-24-12-14-25(15-13-24)21-19(16-6-9-18(22)10-7-16)11-8-17-4-2-3-5-20(17)23-21;;/h2-7,9-11H,8,12-15H2,1H3;2*1H. The largest absolute Gasteiger partial charge is 0.354 e. The molecule has 0 spiro atoms. The van der Waals surface area contributed by atoms with Crippen molar-refractivity contribution in [1.82, 2.24) is 9.80 Å². The Labute approximate surface area is 178 Å². The summed E-state index contributed by atoms with van der Waals surface area (Å²) in [5, 5.41) is 0.763. The zero-order valence-electron chi connectivity index (χ0n) is 15.3. The van der Waals surface area contributed by atoms with Gasteiger partial charge in [-0.3, -0.25) is 0 Å². The first-order valence-electron chi connectivity index (χ1n) is 8.77. The summed E-state index contributed by atoms with van der Waals surface area (Å²) >= 11 is 6.09. The van der Waals surface area contributed by atoms with E-state index in [0.29, 0.717) is 0 Å². The molecule has 0 bridgehead atoms. The van der Waals surface area contributed by atoms with E-state index in [1.165, 1.54) is 16.7 Å². The molecule has 6 heteroatoms. The fourth-order valence-corrected chi connectivity index (χ4v) is 3.53. The fourth-order valence-electron chi connectivity index (χ4n) is 3.41. The van der Waals surface area contributed by atoms with Crippen LogP contribution < -0.4 is 0 Å². The van der Waals surface area contributed by atoms with Crippen molar-refractivity contribution < 1.29 is 0 Å². The number of halogens is 3. The number of para-hydroxylation sites is 1. The highest BCUT2D eigenvalue weighted by atomic mass is 35.5. The van der Waals surface area contributed by atoms with Crippen LogP contribution in [-0.2, 0) is 6.42 Å². The predicted octanol–water partition coefficient (Wildman–Crippen LogP) is 5.10. The third kappa shape index (κ3) is 4.85. The molecule has 144 valence electrons. The smallest absolute Gasteiger partial charge is 0.136 e. The van der Waals surface area contributed by atoms with Crippen LogP contribution in [0, 0.1) is 0 Å². The first kappa shape index (κ1) is 21.8. The molecule has 4 rings (SSSR count). The Kier molecular flexibility index (Phi) is 7.75. The number of allylic oxidation sites excluding steroid dienone is 1. The number of amidine groups is 1. The number of hydrogen-bond acceptors (Lipinski definition) is 3. The van der Waals surface area contributed by atoms with Gasteiger partial charge in [-0.25, -0.2) is 4.99 Å². The van der Waals surface area contributed by atoms with Gasteiger partial charge < -0.3 is 9.80 Å². The van der Waals surface area contributed by atoms with Gasteiger partial charge in [-0.15, -0.1) is 24.8 Å². The molecule has 3 nitrogen and oxygen atoms in total. The molecule has 0 atom stereocenters. The van der Waals surface area contributed by atoms with Gasteiger partial charge in [-0.1, -0.05) is 48.0 Å². The summed E-state index contributed by atoms with van der Waals surface area (Å²) in [6.45, 7) is 4.13. The maximum atomic E-state index is 6.09. The summed E-state index contributed by atoms with van der Waals surface area (Å²) in [6, 6.07) is 16.5. The third-order valence-corrected chi connectivity index (χ3v) is 5.19. The van der Waals surface area contributed by atoms with Gasteiger partial charge in [-0.2, -0.15) is 0 Å². The lowest BCUT2D eigenvalue weighted by Gasteiger charge is -2.35. The highest BCUT2D eigenvalue weighted by molar-refractivity contribution is 6.30.